The molecule has 0 bridgehead atoms. The van der Waals surface area contributed by atoms with Crippen molar-refractivity contribution in [2.75, 3.05) is 30.5 Å². The molecule has 1 aromatic heterocycles. The van der Waals surface area contributed by atoms with Crippen molar-refractivity contribution < 1.29 is 52.3 Å². The van der Waals surface area contributed by atoms with Crippen LogP contribution in [0.4, 0.5) is 0 Å². The quantitative estimate of drug-likeness (QED) is 0.121. The predicted molar refractivity (Wildman–Crippen MR) is 134 cm³/mol. The van der Waals surface area contributed by atoms with Crippen LogP contribution in [0.1, 0.15) is 45.3 Å². The highest BCUT2D eigenvalue weighted by atomic mass is 79.9. The summed E-state index contributed by atoms with van der Waals surface area (Å²) >= 11 is 6.60. The van der Waals surface area contributed by atoms with Crippen LogP contribution in [0.25, 0.3) is 0 Å². The average molecular weight is 673 g/mol. The van der Waals surface area contributed by atoms with Crippen LogP contribution in [-0.4, -0.2) is 93.8 Å². The van der Waals surface area contributed by atoms with Gasteiger partial charge in [0, 0.05) is 38.4 Å². The molecule has 2 heterocycles. The van der Waals surface area contributed by atoms with E-state index in [-0.39, 0.29) is 19.8 Å². The molecule has 5 atom stereocenters. The molecule has 0 aromatic carbocycles. The van der Waals surface area contributed by atoms with Gasteiger partial charge in [-0.05, 0) is 0 Å². The average Bonchev–Trinajstić information content (AvgIpc) is 3.22. The third-order valence-electron chi connectivity index (χ3n) is 5.00. The molecule has 16 heteroatoms. The molecule has 0 unspecified atom stereocenters. The molecule has 0 saturated carbocycles. The summed E-state index contributed by atoms with van der Waals surface area (Å²) in [5.74, 6) is -2.80. The first kappa shape index (κ1) is 32.1. The molecule has 14 nitrogen and oxygen atoms in total. The molecule has 214 valence electrons. The van der Waals surface area contributed by atoms with E-state index in [9.17, 15) is 19.2 Å². The summed E-state index contributed by atoms with van der Waals surface area (Å²) in [6.45, 7) is 5.21. The number of nitrogens with zero attached hydrogens (tertiary/aromatic N) is 3. The van der Waals surface area contributed by atoms with Gasteiger partial charge in [0.05, 0.1) is 32.1 Å². The minimum Gasteiger partial charge on any atom is -0.463 e. The van der Waals surface area contributed by atoms with Crippen LogP contribution >= 0.6 is 31.9 Å². The highest BCUT2D eigenvalue weighted by Gasteiger charge is 2.53. The van der Waals surface area contributed by atoms with Gasteiger partial charge in [0.2, 0.25) is 0 Å². The number of alkyl halides is 2. The maximum absolute atomic E-state index is 12.1. The van der Waals surface area contributed by atoms with E-state index in [0.29, 0.717) is 35.3 Å². The van der Waals surface area contributed by atoms with Gasteiger partial charge in [-0.15, -0.1) is 5.10 Å². The summed E-state index contributed by atoms with van der Waals surface area (Å²) in [5, 5.41) is 9.56. The highest BCUT2D eigenvalue weighted by Crippen LogP contribution is 2.35. The van der Waals surface area contributed by atoms with Crippen molar-refractivity contribution in [2.24, 2.45) is 0 Å². The fourth-order valence-electron chi connectivity index (χ4n) is 3.66. The molecule has 0 aliphatic carbocycles. The van der Waals surface area contributed by atoms with Gasteiger partial charge in [0.25, 0.3) is 0 Å². The standard InChI is InChI=1S/C22H31Br2N3O11/c1-12(28)34-11-18-19(35-13(2)29)20(36-14(3)30)21(37-15(4)31)22(38-18)27-17(10-33-8-6-24)16(25-26-27)9-32-7-5-23/h18-22H,5-11H2,1-4H3/t18-,19-,20+,21-,22-/m1/s1. The lowest BCUT2D eigenvalue weighted by Gasteiger charge is -2.44. The summed E-state index contributed by atoms with van der Waals surface area (Å²) in [7, 11) is 0. The topological polar surface area (TPSA) is 164 Å². The Bertz CT molecular complexity index is 961. The van der Waals surface area contributed by atoms with E-state index in [4.69, 9.17) is 33.2 Å². The number of rotatable bonds is 14. The molecule has 0 amide bonds. The van der Waals surface area contributed by atoms with Gasteiger partial charge in [-0.25, -0.2) is 4.68 Å². The number of carbonyl (C=O) groups is 4. The van der Waals surface area contributed by atoms with Crippen molar-refractivity contribution in [3.05, 3.63) is 11.4 Å². The molecule has 1 aliphatic rings. The zero-order chi connectivity index (χ0) is 28.2. The number of hydrogen-bond acceptors (Lipinski definition) is 13. The number of carbonyl (C=O) groups excluding carboxylic acids is 4. The van der Waals surface area contributed by atoms with Crippen molar-refractivity contribution in [3.63, 3.8) is 0 Å². The lowest BCUT2D eigenvalue weighted by molar-refractivity contribution is -0.271. The fraction of sp³-hybridized carbons (Fsp3) is 0.727. The van der Waals surface area contributed by atoms with Crippen molar-refractivity contribution in [1.29, 1.82) is 0 Å². The van der Waals surface area contributed by atoms with E-state index in [0.717, 1.165) is 20.8 Å². The van der Waals surface area contributed by atoms with E-state index in [2.05, 4.69) is 42.2 Å². The van der Waals surface area contributed by atoms with Crippen molar-refractivity contribution in [2.45, 2.75) is 71.6 Å². The lowest BCUT2D eigenvalue weighted by Crippen LogP contribution is -2.60. The first-order valence-corrected chi connectivity index (χ1v) is 13.8. The molecule has 0 N–H and O–H groups in total. The fourth-order valence-corrected chi connectivity index (χ4v) is 4.12. The normalized spacial score (nSPS) is 22.9. The van der Waals surface area contributed by atoms with E-state index in [1.54, 1.807) is 0 Å². The van der Waals surface area contributed by atoms with Crippen LogP contribution in [0.2, 0.25) is 0 Å². The minimum atomic E-state index is -1.34. The number of hydrogen-bond donors (Lipinski definition) is 0. The zero-order valence-electron chi connectivity index (χ0n) is 21.4. The first-order chi connectivity index (χ1) is 18.1. The first-order valence-electron chi connectivity index (χ1n) is 11.6. The second-order valence-electron chi connectivity index (χ2n) is 8.00. The van der Waals surface area contributed by atoms with Crippen LogP contribution in [0, 0.1) is 0 Å². The second kappa shape index (κ2) is 16.1. The Morgan fingerprint density at radius 1 is 0.816 bits per heavy atom. The van der Waals surface area contributed by atoms with Crippen LogP contribution in [0.3, 0.4) is 0 Å². The molecule has 38 heavy (non-hydrogen) atoms. The predicted octanol–water partition coefficient (Wildman–Crippen LogP) is 1.36. The highest BCUT2D eigenvalue weighted by molar-refractivity contribution is 9.09. The Morgan fingerprint density at radius 2 is 1.37 bits per heavy atom. The summed E-state index contributed by atoms with van der Waals surface area (Å²) in [6, 6.07) is 0. The van der Waals surface area contributed by atoms with Gasteiger partial charge in [-0.1, -0.05) is 37.1 Å². The van der Waals surface area contributed by atoms with Crippen LogP contribution in [0.5, 0.6) is 0 Å². The molecule has 2 rings (SSSR count). The summed E-state index contributed by atoms with van der Waals surface area (Å²) in [4.78, 5) is 47.7. The van der Waals surface area contributed by atoms with E-state index >= 15 is 0 Å². The maximum Gasteiger partial charge on any atom is 0.303 e. The number of aromatic nitrogens is 3. The van der Waals surface area contributed by atoms with Gasteiger partial charge < -0.3 is 33.2 Å². The van der Waals surface area contributed by atoms with Crippen LogP contribution < -0.4 is 0 Å². The molecule has 1 aromatic rings. The van der Waals surface area contributed by atoms with E-state index in [1.807, 2.05) is 0 Å². The van der Waals surface area contributed by atoms with Gasteiger partial charge in [-0.3, -0.25) is 19.2 Å². The molecular weight excluding hydrogens is 642 g/mol. The van der Waals surface area contributed by atoms with Gasteiger partial charge in [0.1, 0.15) is 18.4 Å². The van der Waals surface area contributed by atoms with Gasteiger partial charge in [-0.2, -0.15) is 0 Å². The largest absolute Gasteiger partial charge is 0.463 e. The third kappa shape index (κ3) is 9.55. The molecule has 1 fully saturated rings. The number of ether oxygens (including phenoxy) is 7. The Kier molecular flexibility index (Phi) is 13.6. The molecule has 0 spiro atoms. The molecule has 1 saturated heterocycles. The SMILES string of the molecule is CC(=O)OC[C@H]1O[C@@H](n2nnc(COCCBr)c2COCCBr)[C@H](OC(C)=O)[C@@H](OC(C)=O)[C@@H]1OC(C)=O. The lowest BCUT2D eigenvalue weighted by atomic mass is 9.97. The molecule has 1 aliphatic heterocycles. The minimum absolute atomic E-state index is 0.0402. The monoisotopic (exact) mass is 671 g/mol. The second-order valence-corrected chi connectivity index (χ2v) is 9.59. The summed E-state index contributed by atoms with van der Waals surface area (Å²) < 4.78 is 40.3. The van der Waals surface area contributed by atoms with Gasteiger partial charge in [0.15, 0.2) is 24.5 Å². The van der Waals surface area contributed by atoms with E-state index in [1.165, 1.54) is 11.6 Å². The summed E-state index contributed by atoms with van der Waals surface area (Å²) in [5.41, 5.74) is 0.884. The Morgan fingerprint density at radius 3 is 1.92 bits per heavy atom. The number of esters is 4. The zero-order valence-corrected chi connectivity index (χ0v) is 24.6. The number of halogens is 2. The molecule has 0 radical (unpaired) electrons. The maximum atomic E-state index is 12.1. The van der Waals surface area contributed by atoms with Gasteiger partial charge >= 0.3 is 23.9 Å². The van der Waals surface area contributed by atoms with Crippen molar-refractivity contribution >= 4 is 55.7 Å². The van der Waals surface area contributed by atoms with Crippen LogP contribution in [-0.2, 0) is 65.5 Å². The Labute approximate surface area is 236 Å². The molecular formula is C22H31Br2N3O11. The van der Waals surface area contributed by atoms with E-state index < -0.39 is 54.5 Å². The van der Waals surface area contributed by atoms with Crippen molar-refractivity contribution in [3.8, 4) is 0 Å². The van der Waals surface area contributed by atoms with Crippen molar-refractivity contribution in [1.82, 2.24) is 15.0 Å². The third-order valence-corrected chi connectivity index (χ3v) is 5.65. The van der Waals surface area contributed by atoms with Crippen LogP contribution in [0.15, 0.2) is 0 Å². The Balaban J connectivity index is 2.60. The smallest absolute Gasteiger partial charge is 0.303 e. The Hall–Kier alpha value is -2.14. The summed E-state index contributed by atoms with van der Waals surface area (Å²) in [6.07, 6.45) is -6.32.